The molecule has 4 nitrogen and oxygen atoms in total. The van der Waals surface area contributed by atoms with E-state index in [0.717, 1.165) is 12.8 Å². The number of hydrogen-bond donors (Lipinski definition) is 2. The third-order valence-electron chi connectivity index (χ3n) is 4.35. The second-order valence-corrected chi connectivity index (χ2v) is 6.58. The maximum absolute atomic E-state index is 10.7. The summed E-state index contributed by atoms with van der Waals surface area (Å²) in [5.74, 6) is 4.92. The van der Waals surface area contributed by atoms with Gasteiger partial charge in [0.25, 0.3) is 0 Å². The Bertz CT molecular complexity index is 248. The predicted molar refractivity (Wildman–Crippen MR) is 98.2 cm³/mol. The minimum absolute atomic E-state index is 0.474. The van der Waals surface area contributed by atoms with Crippen molar-refractivity contribution >= 4 is 6.09 Å². The van der Waals surface area contributed by atoms with E-state index in [1.54, 1.807) is 0 Å². The second-order valence-electron chi connectivity index (χ2n) is 6.58. The number of carbonyl (C=O) groups excluding carboxylic acids is 1. The monoisotopic (exact) mass is 328 g/mol. The highest BCUT2D eigenvalue weighted by Crippen LogP contribution is 2.13. The van der Waals surface area contributed by atoms with E-state index in [2.05, 4.69) is 6.92 Å². The molecule has 138 valence electrons. The smallest absolute Gasteiger partial charge is 0.421 e. The van der Waals surface area contributed by atoms with E-state index in [0.29, 0.717) is 6.61 Å². The summed E-state index contributed by atoms with van der Waals surface area (Å²) in [6.07, 6.45) is 21.0. The van der Waals surface area contributed by atoms with Crippen molar-refractivity contribution in [2.24, 2.45) is 5.84 Å². The van der Waals surface area contributed by atoms with Crippen molar-refractivity contribution < 1.29 is 9.53 Å². The summed E-state index contributed by atoms with van der Waals surface area (Å²) < 4.78 is 4.84. The molecule has 0 radical (unpaired) electrons. The van der Waals surface area contributed by atoms with Gasteiger partial charge < -0.3 is 4.74 Å². The van der Waals surface area contributed by atoms with Crippen molar-refractivity contribution in [3.63, 3.8) is 0 Å². The first-order chi connectivity index (χ1) is 11.3. The van der Waals surface area contributed by atoms with Crippen LogP contribution >= 0.6 is 0 Å². The van der Waals surface area contributed by atoms with E-state index in [1.807, 2.05) is 5.43 Å². The second kappa shape index (κ2) is 19.3. The van der Waals surface area contributed by atoms with Crippen molar-refractivity contribution in [2.75, 3.05) is 6.61 Å². The van der Waals surface area contributed by atoms with Gasteiger partial charge in [-0.3, -0.25) is 5.43 Å². The summed E-state index contributed by atoms with van der Waals surface area (Å²) >= 11 is 0. The number of hydrogen-bond acceptors (Lipinski definition) is 3. The summed E-state index contributed by atoms with van der Waals surface area (Å²) in [7, 11) is 0. The summed E-state index contributed by atoms with van der Waals surface area (Å²) in [4.78, 5) is 10.7. The van der Waals surface area contributed by atoms with Gasteiger partial charge in [0.15, 0.2) is 0 Å². The van der Waals surface area contributed by atoms with Gasteiger partial charge in [0, 0.05) is 0 Å². The Morgan fingerprint density at radius 1 is 0.696 bits per heavy atom. The molecule has 0 unspecified atom stereocenters. The molecule has 0 aromatic carbocycles. The molecule has 0 aliphatic rings. The van der Waals surface area contributed by atoms with Gasteiger partial charge in [0.2, 0.25) is 0 Å². The molecule has 0 saturated heterocycles. The number of rotatable bonds is 17. The number of ether oxygens (including phenoxy) is 1. The Balaban J connectivity index is 2.99. The average molecular weight is 329 g/mol. The summed E-state index contributed by atoms with van der Waals surface area (Å²) in [6, 6.07) is 0. The van der Waals surface area contributed by atoms with Gasteiger partial charge in [0.05, 0.1) is 6.61 Å². The minimum Gasteiger partial charge on any atom is -0.449 e. The SMILES string of the molecule is CCCCCCCCCCCCCCCCCCOC(=O)NN. The number of unbranched alkanes of at least 4 members (excludes halogenated alkanes) is 15. The molecule has 3 N–H and O–H groups in total. The van der Waals surface area contributed by atoms with Crippen LogP contribution in [0, 0.1) is 0 Å². The van der Waals surface area contributed by atoms with Gasteiger partial charge in [-0.25, -0.2) is 10.6 Å². The van der Waals surface area contributed by atoms with E-state index >= 15 is 0 Å². The molecule has 0 aliphatic carbocycles. The van der Waals surface area contributed by atoms with Crippen LogP contribution < -0.4 is 11.3 Å². The Labute approximate surface area is 143 Å². The highest BCUT2D eigenvalue weighted by Gasteiger charge is 1.97. The molecule has 0 aliphatic heterocycles. The molecule has 0 heterocycles. The van der Waals surface area contributed by atoms with Gasteiger partial charge in [-0.2, -0.15) is 0 Å². The predicted octanol–water partition coefficient (Wildman–Crippen LogP) is 5.85. The quantitative estimate of drug-likeness (QED) is 0.152. The summed E-state index contributed by atoms with van der Waals surface area (Å²) in [5.41, 5.74) is 1.96. The topological polar surface area (TPSA) is 64.3 Å². The maximum Gasteiger partial charge on any atom is 0.421 e. The molecular formula is C19H40N2O2. The first kappa shape index (κ1) is 22.2. The third kappa shape index (κ3) is 19.2. The van der Waals surface area contributed by atoms with Crippen LogP contribution in [0.25, 0.3) is 0 Å². The van der Waals surface area contributed by atoms with Crippen LogP contribution in [0.1, 0.15) is 110 Å². The number of nitrogens with one attached hydrogen (secondary N) is 1. The molecule has 23 heavy (non-hydrogen) atoms. The molecule has 1 amide bonds. The van der Waals surface area contributed by atoms with Gasteiger partial charge in [-0.1, -0.05) is 103 Å². The van der Waals surface area contributed by atoms with E-state index in [9.17, 15) is 4.79 Å². The van der Waals surface area contributed by atoms with Gasteiger partial charge in [-0.15, -0.1) is 0 Å². The average Bonchev–Trinajstić information content (AvgIpc) is 2.57. The molecule has 0 fully saturated rings. The number of nitrogens with two attached hydrogens (primary N) is 1. The van der Waals surface area contributed by atoms with E-state index in [-0.39, 0.29) is 0 Å². The molecule has 4 heteroatoms. The maximum atomic E-state index is 10.7. The lowest BCUT2D eigenvalue weighted by atomic mass is 10.0. The normalized spacial score (nSPS) is 10.7. The van der Waals surface area contributed by atoms with E-state index in [1.165, 1.54) is 89.9 Å². The molecule has 0 aromatic rings. The number of carbonyl (C=O) groups is 1. The zero-order valence-corrected chi connectivity index (χ0v) is 15.4. The Hall–Kier alpha value is -0.770. The largest absolute Gasteiger partial charge is 0.449 e. The van der Waals surface area contributed by atoms with Crippen molar-refractivity contribution in [2.45, 2.75) is 110 Å². The van der Waals surface area contributed by atoms with Crippen LogP contribution in [0.3, 0.4) is 0 Å². The van der Waals surface area contributed by atoms with E-state index in [4.69, 9.17) is 10.6 Å². The number of amides is 1. The number of hydrazine groups is 1. The fraction of sp³-hybridized carbons (Fsp3) is 0.947. The van der Waals surface area contributed by atoms with Crippen molar-refractivity contribution in [3.8, 4) is 0 Å². The van der Waals surface area contributed by atoms with E-state index < -0.39 is 6.09 Å². The lowest BCUT2D eigenvalue weighted by molar-refractivity contribution is 0.144. The van der Waals surface area contributed by atoms with Crippen LogP contribution in [0.5, 0.6) is 0 Å². The van der Waals surface area contributed by atoms with Crippen LogP contribution in [-0.4, -0.2) is 12.7 Å². The standard InChI is InChI=1S/C19H40N2O2/c1-2-3-4-5-6-7-8-9-10-11-12-13-14-15-16-17-18-23-19(22)21-20/h2-18,20H2,1H3,(H,21,22). The van der Waals surface area contributed by atoms with Gasteiger partial charge in [-0.05, 0) is 6.42 Å². The Kier molecular flexibility index (Phi) is 18.6. The first-order valence-corrected chi connectivity index (χ1v) is 9.94. The third-order valence-corrected chi connectivity index (χ3v) is 4.35. The van der Waals surface area contributed by atoms with Crippen LogP contribution in [0.2, 0.25) is 0 Å². The van der Waals surface area contributed by atoms with Crippen molar-refractivity contribution in [1.29, 1.82) is 0 Å². The summed E-state index contributed by atoms with van der Waals surface area (Å²) in [6.45, 7) is 2.75. The van der Waals surface area contributed by atoms with Gasteiger partial charge >= 0.3 is 6.09 Å². The molecule has 0 atom stereocenters. The fourth-order valence-electron chi connectivity index (χ4n) is 2.86. The lowest BCUT2D eigenvalue weighted by Gasteiger charge is -2.04. The van der Waals surface area contributed by atoms with Gasteiger partial charge in [0.1, 0.15) is 0 Å². The Morgan fingerprint density at radius 2 is 1.04 bits per heavy atom. The molecule has 0 aromatic heterocycles. The first-order valence-electron chi connectivity index (χ1n) is 9.94. The fourth-order valence-corrected chi connectivity index (χ4v) is 2.86. The molecular weight excluding hydrogens is 288 g/mol. The van der Waals surface area contributed by atoms with Crippen LogP contribution in [0.15, 0.2) is 0 Å². The highest BCUT2D eigenvalue weighted by atomic mass is 16.5. The minimum atomic E-state index is -0.536. The zero-order valence-electron chi connectivity index (χ0n) is 15.4. The highest BCUT2D eigenvalue weighted by molar-refractivity contribution is 5.66. The summed E-state index contributed by atoms with van der Waals surface area (Å²) in [5, 5.41) is 0. The van der Waals surface area contributed by atoms with Crippen molar-refractivity contribution in [1.82, 2.24) is 5.43 Å². The van der Waals surface area contributed by atoms with Crippen LogP contribution in [-0.2, 0) is 4.74 Å². The lowest BCUT2D eigenvalue weighted by Crippen LogP contribution is -2.30. The molecule has 0 saturated carbocycles. The van der Waals surface area contributed by atoms with Crippen LogP contribution in [0.4, 0.5) is 4.79 Å². The molecule has 0 spiro atoms. The zero-order chi connectivity index (χ0) is 17.0. The Morgan fingerprint density at radius 3 is 1.39 bits per heavy atom. The van der Waals surface area contributed by atoms with Crippen molar-refractivity contribution in [3.05, 3.63) is 0 Å². The molecule has 0 bridgehead atoms. The molecule has 0 rings (SSSR count).